The van der Waals surface area contributed by atoms with E-state index in [2.05, 4.69) is 14.7 Å². The van der Waals surface area contributed by atoms with E-state index in [-0.39, 0.29) is 30.9 Å². The number of amides is 3. The Bertz CT molecular complexity index is 920. The fraction of sp³-hybridized carbons (Fsp3) is 0.333. The number of hydrogen-bond donors (Lipinski definition) is 1. The highest BCUT2D eigenvalue weighted by Crippen LogP contribution is 2.30. The van der Waals surface area contributed by atoms with Gasteiger partial charge in [-0.3, -0.25) is 19.2 Å². The van der Waals surface area contributed by atoms with Gasteiger partial charge in [0.25, 0.3) is 17.7 Å². The Hall–Kier alpha value is -3.87. The summed E-state index contributed by atoms with van der Waals surface area (Å²) in [7, 11) is 0. The molecule has 160 valence electrons. The molecule has 0 radical (unpaired) electrons. The van der Waals surface area contributed by atoms with Gasteiger partial charge in [-0.25, -0.2) is 22.4 Å². The molecule has 2 rings (SSSR count). The molecule has 1 heterocycles. The molecule has 0 spiro atoms. The third-order valence-electron chi connectivity index (χ3n) is 3.61. The Morgan fingerprint density at radius 2 is 1.63 bits per heavy atom. The summed E-state index contributed by atoms with van der Waals surface area (Å²) < 4.78 is 59.5. The molecule has 0 unspecified atom stereocenters. The van der Waals surface area contributed by atoms with Crippen LogP contribution in [0.25, 0.3) is 10.4 Å². The molecule has 1 fully saturated rings. The van der Waals surface area contributed by atoms with Crippen molar-refractivity contribution in [3.05, 3.63) is 39.3 Å². The lowest BCUT2D eigenvalue weighted by Crippen LogP contribution is -2.32. The molecule has 3 amide bonds. The second-order valence-electron chi connectivity index (χ2n) is 5.55. The average Bonchev–Trinajstić information content (AvgIpc) is 3.01. The highest BCUT2D eigenvalue weighted by molar-refractivity contribution is 6.01. The number of hydrogen-bond acceptors (Lipinski definition) is 7. The highest BCUT2D eigenvalue weighted by atomic mass is 19.2. The maximum absolute atomic E-state index is 13.8. The summed E-state index contributed by atoms with van der Waals surface area (Å²) in [5, 5.41) is 4.68. The Morgan fingerprint density at radius 1 is 1.07 bits per heavy atom. The van der Waals surface area contributed by atoms with Crippen molar-refractivity contribution in [2.75, 3.05) is 13.2 Å². The minimum atomic E-state index is -2.06. The monoisotopic (exact) mass is 433 g/mol. The molecule has 1 aliphatic rings. The summed E-state index contributed by atoms with van der Waals surface area (Å²) in [6.45, 7) is -0.757. The van der Waals surface area contributed by atoms with Gasteiger partial charge >= 0.3 is 6.16 Å². The van der Waals surface area contributed by atoms with Crippen molar-refractivity contribution in [1.29, 1.82) is 0 Å². The van der Waals surface area contributed by atoms with E-state index < -0.39 is 65.0 Å². The van der Waals surface area contributed by atoms with E-state index in [0.29, 0.717) is 0 Å². The smallest absolute Gasteiger partial charge is 0.433 e. The Morgan fingerprint density at radius 3 is 2.17 bits per heavy atom. The molecular weight excluding hydrogens is 422 g/mol. The third-order valence-corrected chi connectivity index (χ3v) is 3.61. The van der Waals surface area contributed by atoms with Gasteiger partial charge in [0.2, 0.25) is 0 Å². The molecule has 0 aromatic heterocycles. The number of azide groups is 1. The largest absolute Gasteiger partial charge is 0.533 e. The van der Waals surface area contributed by atoms with Crippen LogP contribution in [0, 0.1) is 23.3 Å². The van der Waals surface area contributed by atoms with Crippen LogP contribution in [0.1, 0.15) is 29.6 Å². The van der Waals surface area contributed by atoms with Crippen molar-refractivity contribution in [3.8, 4) is 0 Å². The fourth-order valence-electron chi connectivity index (χ4n) is 2.23. The summed E-state index contributed by atoms with van der Waals surface area (Å²) in [6.07, 6.45) is -1.74. The zero-order valence-corrected chi connectivity index (χ0v) is 14.8. The lowest BCUT2D eigenvalue weighted by molar-refractivity contribution is -0.177. The minimum absolute atomic E-state index is 0.115. The zero-order valence-electron chi connectivity index (χ0n) is 14.8. The number of hydroxylamine groups is 2. The standard InChI is InChI=1S/C15H11F4N5O6/c16-9-8(10(17)12(19)13(11(9)18)22-23-20)14(27)21-4-1-5-29-15(28)30-24-6(25)2-3-7(24)26/h1-5H2,(H,21,27). The lowest BCUT2D eigenvalue weighted by atomic mass is 10.1. The molecule has 1 aromatic carbocycles. The van der Waals surface area contributed by atoms with Gasteiger partial charge in [0.1, 0.15) is 11.3 Å². The maximum atomic E-state index is 13.8. The van der Waals surface area contributed by atoms with Gasteiger partial charge in [-0.15, -0.1) is 0 Å². The van der Waals surface area contributed by atoms with Crippen LogP contribution >= 0.6 is 0 Å². The predicted octanol–water partition coefficient (Wildman–Crippen LogP) is 2.52. The molecule has 1 aromatic rings. The summed E-state index contributed by atoms with van der Waals surface area (Å²) in [5.41, 5.74) is 5.02. The predicted molar refractivity (Wildman–Crippen MR) is 85.6 cm³/mol. The van der Waals surface area contributed by atoms with Crippen molar-refractivity contribution in [3.63, 3.8) is 0 Å². The lowest BCUT2D eigenvalue weighted by Gasteiger charge is -2.12. The quantitative estimate of drug-likeness (QED) is 0.102. The van der Waals surface area contributed by atoms with Crippen LogP contribution in [0.5, 0.6) is 0 Å². The second kappa shape index (κ2) is 9.56. The summed E-state index contributed by atoms with van der Waals surface area (Å²) in [4.78, 5) is 52.1. The molecule has 0 atom stereocenters. The molecule has 0 aliphatic carbocycles. The number of halogens is 4. The van der Waals surface area contributed by atoms with Crippen LogP contribution in [0.4, 0.5) is 28.0 Å². The normalized spacial score (nSPS) is 13.1. The molecule has 30 heavy (non-hydrogen) atoms. The van der Waals surface area contributed by atoms with Gasteiger partial charge in [0, 0.05) is 24.3 Å². The maximum Gasteiger partial charge on any atom is 0.533 e. The van der Waals surface area contributed by atoms with Crippen molar-refractivity contribution in [2.45, 2.75) is 19.3 Å². The molecule has 15 heteroatoms. The molecule has 0 saturated carbocycles. The number of carbonyl (C=O) groups is 4. The van der Waals surface area contributed by atoms with Crippen LogP contribution < -0.4 is 5.32 Å². The van der Waals surface area contributed by atoms with E-state index in [1.165, 1.54) is 0 Å². The molecule has 11 nitrogen and oxygen atoms in total. The number of imide groups is 1. The van der Waals surface area contributed by atoms with Crippen LogP contribution in [0.15, 0.2) is 5.11 Å². The first-order valence-corrected chi connectivity index (χ1v) is 8.08. The first-order chi connectivity index (χ1) is 14.2. The molecular formula is C15H11F4N5O6. The molecule has 1 saturated heterocycles. The van der Waals surface area contributed by atoms with Gasteiger partial charge in [0.15, 0.2) is 23.3 Å². The van der Waals surface area contributed by atoms with Gasteiger partial charge in [-0.1, -0.05) is 10.2 Å². The van der Waals surface area contributed by atoms with Crippen molar-refractivity contribution in [2.24, 2.45) is 5.11 Å². The SMILES string of the molecule is [N-]=[N+]=Nc1c(F)c(F)c(C(=O)NCCCOC(=O)ON2C(=O)CCC2=O)c(F)c1F. The summed E-state index contributed by atoms with van der Waals surface area (Å²) in [6, 6.07) is 0. The molecule has 0 bridgehead atoms. The first kappa shape index (κ1) is 22.4. The van der Waals surface area contributed by atoms with E-state index in [9.17, 15) is 36.7 Å². The topological polar surface area (TPSA) is 151 Å². The van der Waals surface area contributed by atoms with E-state index >= 15 is 0 Å². The van der Waals surface area contributed by atoms with Crippen LogP contribution in [-0.4, -0.2) is 42.1 Å². The minimum Gasteiger partial charge on any atom is -0.433 e. The molecule has 1 N–H and O–H groups in total. The van der Waals surface area contributed by atoms with Crippen LogP contribution in [0.3, 0.4) is 0 Å². The first-order valence-electron chi connectivity index (χ1n) is 8.08. The van der Waals surface area contributed by atoms with Crippen LogP contribution in [-0.2, 0) is 19.2 Å². The summed E-state index contributed by atoms with van der Waals surface area (Å²) >= 11 is 0. The number of benzene rings is 1. The number of nitrogens with zero attached hydrogens (tertiary/aromatic N) is 4. The van der Waals surface area contributed by atoms with E-state index in [1.54, 1.807) is 0 Å². The number of ether oxygens (including phenoxy) is 1. The van der Waals surface area contributed by atoms with E-state index in [4.69, 9.17) is 5.53 Å². The number of nitrogens with one attached hydrogen (secondary N) is 1. The average molecular weight is 433 g/mol. The highest BCUT2D eigenvalue weighted by Gasteiger charge is 2.33. The number of rotatable bonds is 7. The Kier molecular flexibility index (Phi) is 7.14. The third kappa shape index (κ3) is 4.75. The van der Waals surface area contributed by atoms with Gasteiger partial charge < -0.3 is 10.1 Å². The Balaban J connectivity index is 1.87. The summed E-state index contributed by atoms with van der Waals surface area (Å²) in [5.74, 6) is -11.2. The zero-order chi connectivity index (χ0) is 22.4. The van der Waals surface area contributed by atoms with E-state index in [1.807, 2.05) is 10.2 Å². The second-order valence-corrected chi connectivity index (χ2v) is 5.55. The van der Waals surface area contributed by atoms with Gasteiger partial charge in [-0.2, -0.15) is 0 Å². The fourth-order valence-corrected chi connectivity index (χ4v) is 2.23. The van der Waals surface area contributed by atoms with E-state index in [0.717, 1.165) is 0 Å². The van der Waals surface area contributed by atoms with Crippen molar-refractivity contribution < 1.29 is 46.3 Å². The van der Waals surface area contributed by atoms with Crippen molar-refractivity contribution >= 4 is 29.6 Å². The Labute approximate surface area is 164 Å². The van der Waals surface area contributed by atoms with Gasteiger partial charge in [0.05, 0.1) is 6.61 Å². The number of carbonyl (C=O) groups excluding carboxylic acids is 4. The van der Waals surface area contributed by atoms with Crippen LogP contribution in [0.2, 0.25) is 0 Å². The van der Waals surface area contributed by atoms with Crippen molar-refractivity contribution in [1.82, 2.24) is 10.4 Å². The van der Waals surface area contributed by atoms with Gasteiger partial charge in [-0.05, 0) is 12.0 Å². The molecule has 1 aliphatic heterocycles.